The number of guanidine groups is 1. The van der Waals surface area contributed by atoms with Crippen LogP contribution in [0, 0.1) is 0 Å². The molecule has 1 aromatic heterocycles. The number of nitrogens with one attached hydrogen (secondary N) is 2. The van der Waals surface area contributed by atoms with E-state index in [2.05, 4.69) is 44.6 Å². The zero-order chi connectivity index (χ0) is 20.5. The summed E-state index contributed by atoms with van der Waals surface area (Å²) in [5.41, 5.74) is 1.31. The Hall–Kier alpha value is -1.39. The van der Waals surface area contributed by atoms with Crippen LogP contribution in [0.1, 0.15) is 41.3 Å². The van der Waals surface area contributed by atoms with Crippen molar-refractivity contribution in [1.29, 1.82) is 0 Å². The molecule has 0 bridgehead atoms. The monoisotopic (exact) mass is 543 g/mol. The van der Waals surface area contributed by atoms with Crippen molar-refractivity contribution in [3.8, 4) is 5.75 Å². The molecule has 8 heteroatoms. The number of aromatic nitrogens is 1. The third-order valence-electron chi connectivity index (χ3n) is 5.35. The fourth-order valence-electron chi connectivity index (χ4n) is 3.67. The van der Waals surface area contributed by atoms with E-state index in [1.807, 2.05) is 25.4 Å². The van der Waals surface area contributed by atoms with Gasteiger partial charge in [0.05, 0.1) is 18.2 Å². The van der Waals surface area contributed by atoms with Crippen molar-refractivity contribution in [3.05, 3.63) is 45.9 Å². The highest BCUT2D eigenvalue weighted by Gasteiger charge is 2.23. The van der Waals surface area contributed by atoms with Crippen molar-refractivity contribution in [2.45, 2.75) is 38.6 Å². The van der Waals surface area contributed by atoms with E-state index >= 15 is 0 Å². The molecule has 3 rings (SSSR count). The fourth-order valence-corrected chi connectivity index (χ4v) is 4.53. The summed E-state index contributed by atoms with van der Waals surface area (Å²) in [5.74, 6) is 1.74. The van der Waals surface area contributed by atoms with Crippen molar-refractivity contribution >= 4 is 41.3 Å². The van der Waals surface area contributed by atoms with Gasteiger partial charge in [0, 0.05) is 37.6 Å². The maximum Gasteiger partial charge on any atom is 0.191 e. The normalized spacial score (nSPS) is 15.5. The number of hydrogen-bond donors (Lipinski definition) is 2. The van der Waals surface area contributed by atoms with Gasteiger partial charge in [-0.15, -0.1) is 35.3 Å². The maximum atomic E-state index is 5.32. The fraction of sp³-hybridized carbons (Fsp3) is 0.545. The first-order chi connectivity index (χ1) is 14.2. The summed E-state index contributed by atoms with van der Waals surface area (Å²) in [7, 11) is 3.53. The average Bonchev–Trinajstić information content (AvgIpc) is 3.45. The van der Waals surface area contributed by atoms with Gasteiger partial charge < -0.3 is 15.4 Å². The van der Waals surface area contributed by atoms with Gasteiger partial charge in [0.1, 0.15) is 5.75 Å². The molecule has 1 aliphatic rings. The molecule has 1 atom stereocenters. The molecule has 0 saturated carbocycles. The van der Waals surface area contributed by atoms with Gasteiger partial charge in [-0.3, -0.25) is 9.89 Å². The predicted octanol–water partition coefficient (Wildman–Crippen LogP) is 3.88. The summed E-state index contributed by atoms with van der Waals surface area (Å²) >= 11 is 1.80. The molecule has 1 saturated heterocycles. The summed E-state index contributed by atoms with van der Waals surface area (Å²) in [5, 5.41) is 8.13. The van der Waals surface area contributed by atoms with Crippen LogP contribution in [-0.4, -0.2) is 56.2 Å². The van der Waals surface area contributed by atoms with Crippen LogP contribution in [-0.2, 0) is 12.8 Å². The molecule has 0 spiro atoms. The highest BCUT2D eigenvalue weighted by atomic mass is 127. The minimum absolute atomic E-state index is 0. The van der Waals surface area contributed by atoms with Gasteiger partial charge in [0.25, 0.3) is 0 Å². The molecule has 1 fully saturated rings. The molecule has 1 aromatic carbocycles. The van der Waals surface area contributed by atoms with Gasteiger partial charge in [0.2, 0.25) is 0 Å². The van der Waals surface area contributed by atoms with Crippen molar-refractivity contribution < 1.29 is 4.74 Å². The van der Waals surface area contributed by atoms with Gasteiger partial charge in [-0.2, -0.15) is 0 Å². The van der Waals surface area contributed by atoms with Crippen LogP contribution >= 0.6 is 35.3 Å². The Labute approximate surface area is 201 Å². The molecule has 1 unspecified atom stereocenters. The molecule has 30 heavy (non-hydrogen) atoms. The van der Waals surface area contributed by atoms with E-state index in [0.29, 0.717) is 6.04 Å². The number of ether oxygens (including phenoxy) is 1. The standard InChI is InChI=1S/C22H33N5OS.HI/c1-4-19-15-25-21(29-19)11-12-24-22(23-2)26-16-20(27-13-5-6-14-27)17-7-9-18(28-3)10-8-17;/h7-10,15,20H,4-6,11-14,16H2,1-3H3,(H2,23,24,26);1H. The average molecular weight is 544 g/mol. The van der Waals surface area contributed by atoms with Gasteiger partial charge in [-0.25, -0.2) is 4.98 Å². The molecular formula is C22H34IN5OS. The Morgan fingerprint density at radius 2 is 1.97 bits per heavy atom. The number of benzene rings is 1. The van der Waals surface area contributed by atoms with E-state index < -0.39 is 0 Å². The Morgan fingerprint density at radius 3 is 2.57 bits per heavy atom. The Bertz CT molecular complexity index is 774. The van der Waals surface area contributed by atoms with E-state index in [4.69, 9.17) is 4.74 Å². The van der Waals surface area contributed by atoms with Crippen LogP contribution in [0.25, 0.3) is 0 Å². The van der Waals surface area contributed by atoms with Crippen molar-refractivity contribution in [3.63, 3.8) is 0 Å². The number of halogens is 1. The molecule has 0 radical (unpaired) electrons. The smallest absolute Gasteiger partial charge is 0.191 e. The summed E-state index contributed by atoms with van der Waals surface area (Å²) in [6, 6.07) is 8.77. The largest absolute Gasteiger partial charge is 0.497 e. The minimum Gasteiger partial charge on any atom is -0.497 e. The van der Waals surface area contributed by atoms with Crippen LogP contribution in [0.2, 0.25) is 0 Å². The lowest BCUT2D eigenvalue weighted by Gasteiger charge is -2.29. The van der Waals surface area contributed by atoms with Crippen LogP contribution in [0.4, 0.5) is 0 Å². The number of methoxy groups -OCH3 is 1. The molecule has 166 valence electrons. The number of aliphatic imine (C=N–C) groups is 1. The number of likely N-dealkylation sites (tertiary alicyclic amines) is 1. The molecular weight excluding hydrogens is 509 g/mol. The highest BCUT2D eigenvalue weighted by Crippen LogP contribution is 2.26. The molecule has 2 aromatic rings. The Balaban J connectivity index is 0.00000320. The second-order valence-electron chi connectivity index (χ2n) is 7.24. The molecule has 2 N–H and O–H groups in total. The lowest BCUT2D eigenvalue weighted by atomic mass is 10.1. The first kappa shape index (κ1) is 24.9. The summed E-state index contributed by atoms with van der Waals surface area (Å²) in [4.78, 5) is 12.8. The first-order valence-electron chi connectivity index (χ1n) is 10.5. The SMILES string of the molecule is CCc1cnc(CCNC(=NC)NCC(c2ccc(OC)cc2)N2CCCC2)s1.I. The number of hydrogen-bond acceptors (Lipinski definition) is 5. The first-order valence-corrected chi connectivity index (χ1v) is 11.3. The van der Waals surface area contributed by atoms with Gasteiger partial charge in [-0.1, -0.05) is 19.1 Å². The molecule has 1 aliphatic heterocycles. The Kier molecular flexibility index (Phi) is 10.9. The topological polar surface area (TPSA) is 61.8 Å². The summed E-state index contributed by atoms with van der Waals surface area (Å²) in [6.07, 6.45) is 6.50. The van der Waals surface area contributed by atoms with Gasteiger partial charge in [-0.05, 0) is 50.0 Å². The molecule has 0 amide bonds. The van der Waals surface area contributed by atoms with E-state index in [1.165, 1.54) is 28.3 Å². The summed E-state index contributed by atoms with van der Waals surface area (Å²) in [6.45, 7) is 6.11. The minimum atomic E-state index is 0. The summed E-state index contributed by atoms with van der Waals surface area (Å²) < 4.78 is 5.32. The highest BCUT2D eigenvalue weighted by molar-refractivity contribution is 14.0. The second-order valence-corrected chi connectivity index (χ2v) is 8.44. The number of nitrogens with zero attached hydrogens (tertiary/aromatic N) is 3. The number of thiazole rings is 1. The van der Waals surface area contributed by atoms with E-state index in [9.17, 15) is 0 Å². The van der Waals surface area contributed by atoms with Crippen LogP contribution in [0.5, 0.6) is 5.75 Å². The number of aryl methyl sites for hydroxylation is 1. The number of rotatable bonds is 9. The van der Waals surface area contributed by atoms with Crippen LogP contribution in [0.15, 0.2) is 35.5 Å². The van der Waals surface area contributed by atoms with Crippen molar-refractivity contribution in [1.82, 2.24) is 20.5 Å². The van der Waals surface area contributed by atoms with E-state index in [-0.39, 0.29) is 24.0 Å². The zero-order valence-corrected chi connectivity index (χ0v) is 21.3. The lowest BCUT2D eigenvalue weighted by Crippen LogP contribution is -2.43. The Morgan fingerprint density at radius 1 is 1.23 bits per heavy atom. The second kappa shape index (κ2) is 13.1. The third kappa shape index (κ3) is 7.09. The van der Waals surface area contributed by atoms with Crippen molar-refractivity contribution in [2.75, 3.05) is 40.3 Å². The van der Waals surface area contributed by atoms with Gasteiger partial charge in [0.15, 0.2) is 5.96 Å². The van der Waals surface area contributed by atoms with Crippen LogP contribution in [0.3, 0.4) is 0 Å². The predicted molar refractivity (Wildman–Crippen MR) is 137 cm³/mol. The van der Waals surface area contributed by atoms with Crippen molar-refractivity contribution in [2.24, 2.45) is 4.99 Å². The van der Waals surface area contributed by atoms with E-state index in [0.717, 1.165) is 50.7 Å². The zero-order valence-electron chi connectivity index (χ0n) is 18.2. The van der Waals surface area contributed by atoms with Gasteiger partial charge >= 0.3 is 0 Å². The molecule has 6 nitrogen and oxygen atoms in total. The quantitative estimate of drug-likeness (QED) is 0.286. The maximum absolute atomic E-state index is 5.32. The third-order valence-corrected chi connectivity index (χ3v) is 6.55. The molecule has 2 heterocycles. The van der Waals surface area contributed by atoms with Crippen LogP contribution < -0.4 is 15.4 Å². The lowest BCUT2D eigenvalue weighted by molar-refractivity contribution is 0.245. The van der Waals surface area contributed by atoms with E-state index in [1.54, 1.807) is 18.4 Å². The molecule has 0 aliphatic carbocycles.